The van der Waals surface area contributed by atoms with E-state index < -0.39 is 0 Å². The van der Waals surface area contributed by atoms with Crippen molar-refractivity contribution in [3.8, 4) is 0 Å². The molecule has 1 amide bonds. The van der Waals surface area contributed by atoms with Gasteiger partial charge in [-0.2, -0.15) is 0 Å². The molecule has 0 aromatic heterocycles. The number of nitrogens with zero attached hydrogens (tertiary/aromatic N) is 1. The fraction of sp³-hybridized carbons (Fsp3) is 0.429. The predicted molar refractivity (Wildman–Crippen MR) is 67.9 cm³/mol. The van der Waals surface area contributed by atoms with Crippen LogP contribution in [0.3, 0.4) is 0 Å². The highest BCUT2D eigenvalue weighted by molar-refractivity contribution is 5.80. The van der Waals surface area contributed by atoms with Crippen molar-refractivity contribution in [1.29, 1.82) is 0 Å². The molecule has 1 aromatic rings. The van der Waals surface area contributed by atoms with Gasteiger partial charge in [-0.1, -0.05) is 39.0 Å². The van der Waals surface area contributed by atoms with E-state index in [0.29, 0.717) is 6.42 Å². The number of carbonyl (C=O) groups excluding carboxylic acids is 1. The molecule has 1 heterocycles. The van der Waals surface area contributed by atoms with Gasteiger partial charge in [0, 0.05) is 11.0 Å². The molecule has 1 N–H and O–H groups in total. The minimum atomic E-state index is 0.0738. The second-order valence-corrected chi connectivity index (χ2v) is 5.57. The Morgan fingerprint density at radius 2 is 1.94 bits per heavy atom. The molecule has 0 saturated carbocycles. The molecule has 1 aliphatic heterocycles. The normalized spacial score (nSPS) is 22.9. The van der Waals surface area contributed by atoms with Gasteiger partial charge in [-0.15, -0.1) is 10.1 Å². The summed E-state index contributed by atoms with van der Waals surface area (Å²) in [6.45, 7) is 6.47. The van der Waals surface area contributed by atoms with Gasteiger partial charge in [0.2, 0.25) is 6.21 Å². The summed E-state index contributed by atoms with van der Waals surface area (Å²) in [4.78, 5) is 11.5. The largest absolute Gasteiger partial charge is 0.281 e. The lowest BCUT2D eigenvalue weighted by molar-refractivity contribution is -0.602. The van der Waals surface area contributed by atoms with Crippen molar-refractivity contribution in [3.05, 3.63) is 35.9 Å². The molecule has 0 bridgehead atoms. The van der Waals surface area contributed by atoms with E-state index in [1.54, 1.807) is 0 Å². The molecule has 2 rings (SSSR count). The lowest BCUT2D eigenvalue weighted by atomic mass is 9.85. The number of amides is 1. The second kappa shape index (κ2) is 4.32. The van der Waals surface area contributed by atoms with Crippen LogP contribution in [0, 0.1) is 5.41 Å². The molecular formula is C14H19N2O+. The molecule has 3 heteroatoms. The highest BCUT2D eigenvalue weighted by Gasteiger charge is 2.43. The number of hydrazone groups is 1. The monoisotopic (exact) mass is 231 g/mol. The molecule has 1 aliphatic rings. The first-order chi connectivity index (χ1) is 7.97. The third-order valence-corrected chi connectivity index (χ3v) is 3.06. The van der Waals surface area contributed by atoms with E-state index in [9.17, 15) is 4.79 Å². The smallest absolute Gasteiger partial charge is 0.269 e. The molecule has 1 atom stereocenters. The van der Waals surface area contributed by atoms with Crippen molar-refractivity contribution in [2.45, 2.75) is 33.2 Å². The Morgan fingerprint density at radius 3 is 2.53 bits per heavy atom. The van der Waals surface area contributed by atoms with Gasteiger partial charge < -0.3 is 0 Å². The Balaban J connectivity index is 2.31. The highest BCUT2D eigenvalue weighted by atomic mass is 16.2. The Morgan fingerprint density at radius 1 is 1.29 bits per heavy atom. The number of hydrogen-bond donors (Lipinski definition) is 1. The standard InChI is InChI=1S/C14H18N2O/c1-14(2,3)12-9-13(17)15-16(12)10-11-7-5-4-6-8-11/h4-8,10,12H,9H2,1-3H3/p+1/b16-10-/t12-/m0/s1. The number of carbonyl (C=O) groups is 1. The van der Waals surface area contributed by atoms with E-state index in [0.717, 1.165) is 5.56 Å². The van der Waals surface area contributed by atoms with E-state index in [1.807, 2.05) is 41.2 Å². The van der Waals surface area contributed by atoms with Gasteiger partial charge >= 0.3 is 0 Å². The molecule has 0 unspecified atom stereocenters. The van der Waals surface area contributed by atoms with E-state index in [2.05, 4.69) is 26.2 Å². The van der Waals surface area contributed by atoms with Gasteiger partial charge in [0.1, 0.15) is 0 Å². The zero-order valence-corrected chi connectivity index (χ0v) is 10.6. The Kier molecular flexibility index (Phi) is 3.01. The predicted octanol–water partition coefficient (Wildman–Crippen LogP) is 1.97. The third kappa shape index (κ3) is 2.73. The fourth-order valence-corrected chi connectivity index (χ4v) is 2.09. The van der Waals surface area contributed by atoms with Crippen LogP contribution < -0.4 is 5.43 Å². The van der Waals surface area contributed by atoms with Gasteiger partial charge in [-0.25, -0.2) is 0 Å². The molecule has 1 saturated heterocycles. The maximum absolute atomic E-state index is 11.5. The number of nitrogens with one attached hydrogen (secondary N) is 1. The second-order valence-electron chi connectivity index (χ2n) is 5.57. The van der Waals surface area contributed by atoms with Gasteiger partial charge in [-0.3, -0.25) is 4.79 Å². The van der Waals surface area contributed by atoms with Crippen molar-refractivity contribution in [3.63, 3.8) is 0 Å². The Labute approximate surface area is 102 Å². The number of hydrazine groups is 1. The molecule has 1 fully saturated rings. The van der Waals surface area contributed by atoms with Crippen LogP contribution in [0.1, 0.15) is 32.8 Å². The summed E-state index contributed by atoms with van der Waals surface area (Å²) < 4.78 is 1.94. The molecule has 0 radical (unpaired) electrons. The first kappa shape index (κ1) is 11.8. The van der Waals surface area contributed by atoms with Crippen LogP contribution >= 0.6 is 0 Å². The number of rotatable bonds is 1. The fourth-order valence-electron chi connectivity index (χ4n) is 2.09. The minimum absolute atomic E-state index is 0.0738. The zero-order chi connectivity index (χ0) is 12.5. The first-order valence-corrected chi connectivity index (χ1v) is 5.94. The molecule has 90 valence electrons. The summed E-state index contributed by atoms with van der Waals surface area (Å²) >= 11 is 0. The van der Waals surface area contributed by atoms with Crippen LogP contribution in [0.2, 0.25) is 0 Å². The Bertz CT molecular complexity index is 443. The van der Waals surface area contributed by atoms with Crippen molar-refractivity contribution in [2.75, 3.05) is 0 Å². The summed E-state index contributed by atoms with van der Waals surface area (Å²) in [5.41, 5.74) is 4.07. The van der Waals surface area contributed by atoms with Gasteiger partial charge in [0.25, 0.3) is 5.91 Å². The minimum Gasteiger partial charge on any atom is -0.269 e. The zero-order valence-electron chi connectivity index (χ0n) is 10.6. The topological polar surface area (TPSA) is 32.1 Å². The average molecular weight is 231 g/mol. The number of hydrogen-bond acceptors (Lipinski definition) is 1. The average Bonchev–Trinajstić information content (AvgIpc) is 2.60. The van der Waals surface area contributed by atoms with Crippen LogP contribution in [0.15, 0.2) is 30.3 Å². The maximum atomic E-state index is 11.5. The Hall–Kier alpha value is -1.64. The molecule has 0 aliphatic carbocycles. The van der Waals surface area contributed by atoms with Crippen LogP contribution in [-0.2, 0) is 4.79 Å². The lowest BCUT2D eigenvalue weighted by Gasteiger charge is -2.20. The molecule has 1 aromatic carbocycles. The maximum Gasteiger partial charge on any atom is 0.281 e. The van der Waals surface area contributed by atoms with Crippen molar-refractivity contribution in [2.24, 2.45) is 5.41 Å². The van der Waals surface area contributed by atoms with E-state index in [4.69, 9.17) is 0 Å². The summed E-state index contributed by atoms with van der Waals surface area (Å²) in [6.07, 6.45) is 2.56. The lowest BCUT2D eigenvalue weighted by Crippen LogP contribution is -2.37. The van der Waals surface area contributed by atoms with E-state index >= 15 is 0 Å². The summed E-state index contributed by atoms with van der Waals surface area (Å²) in [6, 6.07) is 10.2. The molecule has 0 spiro atoms. The number of benzene rings is 1. The van der Waals surface area contributed by atoms with Gasteiger partial charge in [-0.05, 0) is 12.1 Å². The van der Waals surface area contributed by atoms with Crippen LogP contribution in [-0.4, -0.2) is 22.8 Å². The summed E-state index contributed by atoms with van der Waals surface area (Å²) in [5, 5.41) is 0. The SMILES string of the molecule is CC(C)(C)[C@@H]1CC(=O)N/[N+]1=C\c1ccccc1. The van der Waals surface area contributed by atoms with Gasteiger partial charge in [0.05, 0.1) is 6.42 Å². The van der Waals surface area contributed by atoms with Crippen molar-refractivity contribution < 1.29 is 9.48 Å². The van der Waals surface area contributed by atoms with E-state index in [-0.39, 0.29) is 17.4 Å². The van der Waals surface area contributed by atoms with Crippen LogP contribution in [0.25, 0.3) is 0 Å². The van der Waals surface area contributed by atoms with E-state index in [1.165, 1.54) is 0 Å². The van der Waals surface area contributed by atoms with Crippen molar-refractivity contribution in [1.82, 2.24) is 5.43 Å². The third-order valence-electron chi connectivity index (χ3n) is 3.06. The molecule has 3 nitrogen and oxygen atoms in total. The van der Waals surface area contributed by atoms with Crippen LogP contribution in [0.4, 0.5) is 0 Å². The van der Waals surface area contributed by atoms with Gasteiger partial charge in [0.15, 0.2) is 6.04 Å². The summed E-state index contributed by atoms with van der Waals surface area (Å²) in [7, 11) is 0. The quantitative estimate of drug-likeness (QED) is 0.736. The summed E-state index contributed by atoms with van der Waals surface area (Å²) in [5.74, 6) is 0.0945. The molecule has 17 heavy (non-hydrogen) atoms. The highest BCUT2D eigenvalue weighted by Crippen LogP contribution is 2.26. The molecular weight excluding hydrogens is 212 g/mol. The van der Waals surface area contributed by atoms with Crippen LogP contribution in [0.5, 0.6) is 0 Å². The van der Waals surface area contributed by atoms with Crippen molar-refractivity contribution >= 4 is 12.1 Å². The first-order valence-electron chi connectivity index (χ1n) is 5.94.